The largest absolute Gasteiger partial charge is 0.396 e. The molecular formula is C10H18NO2. The van der Waals surface area contributed by atoms with Crippen molar-refractivity contribution in [3.8, 4) is 0 Å². The Bertz CT molecular complexity index is 176. The molecule has 0 aromatic carbocycles. The van der Waals surface area contributed by atoms with Crippen molar-refractivity contribution in [2.45, 2.75) is 19.8 Å². The Morgan fingerprint density at radius 3 is 2.54 bits per heavy atom. The summed E-state index contributed by atoms with van der Waals surface area (Å²) in [5.41, 5.74) is 0. The van der Waals surface area contributed by atoms with Gasteiger partial charge in [0.2, 0.25) is 5.91 Å². The van der Waals surface area contributed by atoms with Crippen LogP contribution in [0.5, 0.6) is 0 Å². The molecular weight excluding hydrogens is 166 g/mol. The SMILES string of the molecule is C[C](CO)CC/C=C/C(=O)N(C)C. The summed E-state index contributed by atoms with van der Waals surface area (Å²) in [6, 6.07) is 0. The summed E-state index contributed by atoms with van der Waals surface area (Å²) in [5.74, 6) is 1.05. The number of hydrogen-bond donors (Lipinski definition) is 1. The van der Waals surface area contributed by atoms with Gasteiger partial charge in [-0.15, -0.1) is 0 Å². The van der Waals surface area contributed by atoms with Gasteiger partial charge in [-0.05, 0) is 24.8 Å². The molecule has 0 unspecified atom stereocenters. The van der Waals surface area contributed by atoms with E-state index >= 15 is 0 Å². The molecule has 1 amide bonds. The molecule has 0 fully saturated rings. The minimum atomic E-state index is 0.00153. The first-order chi connectivity index (χ1) is 6.07. The van der Waals surface area contributed by atoms with Crippen LogP contribution in [0.15, 0.2) is 12.2 Å². The minimum Gasteiger partial charge on any atom is -0.396 e. The second-order valence-electron chi connectivity index (χ2n) is 3.29. The van der Waals surface area contributed by atoms with E-state index in [-0.39, 0.29) is 12.5 Å². The lowest BCUT2D eigenvalue weighted by Crippen LogP contribution is -2.18. The van der Waals surface area contributed by atoms with Gasteiger partial charge in [0.25, 0.3) is 0 Å². The molecule has 0 bridgehead atoms. The molecule has 3 nitrogen and oxygen atoms in total. The lowest BCUT2D eigenvalue weighted by Gasteiger charge is -2.06. The van der Waals surface area contributed by atoms with Crippen LogP contribution in [0.1, 0.15) is 19.8 Å². The van der Waals surface area contributed by atoms with Gasteiger partial charge >= 0.3 is 0 Å². The molecule has 0 aromatic heterocycles. The summed E-state index contributed by atoms with van der Waals surface area (Å²) in [4.78, 5) is 12.6. The molecule has 0 spiro atoms. The van der Waals surface area contributed by atoms with Crippen LogP contribution in [0.25, 0.3) is 0 Å². The van der Waals surface area contributed by atoms with Crippen molar-refractivity contribution in [1.29, 1.82) is 0 Å². The van der Waals surface area contributed by atoms with Crippen molar-refractivity contribution in [2.24, 2.45) is 0 Å². The van der Waals surface area contributed by atoms with Crippen LogP contribution >= 0.6 is 0 Å². The van der Waals surface area contributed by atoms with Gasteiger partial charge in [-0.25, -0.2) is 0 Å². The number of amides is 1. The van der Waals surface area contributed by atoms with E-state index in [2.05, 4.69) is 0 Å². The molecule has 0 heterocycles. The number of likely N-dealkylation sites (N-methyl/N-ethyl adjacent to an activating group) is 1. The van der Waals surface area contributed by atoms with E-state index in [4.69, 9.17) is 5.11 Å². The number of nitrogens with zero attached hydrogens (tertiary/aromatic N) is 1. The summed E-state index contributed by atoms with van der Waals surface area (Å²) >= 11 is 0. The zero-order chi connectivity index (χ0) is 10.3. The van der Waals surface area contributed by atoms with Gasteiger partial charge in [-0.1, -0.05) is 13.0 Å². The van der Waals surface area contributed by atoms with Gasteiger partial charge in [-0.2, -0.15) is 0 Å². The zero-order valence-electron chi connectivity index (χ0n) is 8.58. The molecule has 0 aliphatic heterocycles. The smallest absolute Gasteiger partial charge is 0.245 e. The van der Waals surface area contributed by atoms with E-state index in [1.165, 1.54) is 4.90 Å². The third-order valence-corrected chi connectivity index (χ3v) is 1.71. The number of carbonyl (C=O) groups excluding carboxylic acids is 1. The Kier molecular flexibility index (Phi) is 6.24. The average Bonchev–Trinajstić information content (AvgIpc) is 2.11. The summed E-state index contributed by atoms with van der Waals surface area (Å²) in [6.45, 7) is 2.04. The summed E-state index contributed by atoms with van der Waals surface area (Å²) < 4.78 is 0. The molecule has 75 valence electrons. The van der Waals surface area contributed by atoms with Gasteiger partial charge in [-0.3, -0.25) is 4.79 Å². The first-order valence-corrected chi connectivity index (χ1v) is 4.38. The lowest BCUT2D eigenvalue weighted by atomic mass is 10.1. The van der Waals surface area contributed by atoms with Gasteiger partial charge < -0.3 is 10.0 Å². The van der Waals surface area contributed by atoms with Crippen molar-refractivity contribution in [2.75, 3.05) is 20.7 Å². The first kappa shape index (κ1) is 12.2. The Hall–Kier alpha value is -0.830. The molecule has 0 atom stereocenters. The van der Waals surface area contributed by atoms with Crippen LogP contribution in [0.2, 0.25) is 0 Å². The van der Waals surface area contributed by atoms with Gasteiger partial charge in [0, 0.05) is 20.7 Å². The maximum atomic E-state index is 11.0. The second kappa shape index (κ2) is 6.66. The fourth-order valence-corrected chi connectivity index (χ4v) is 0.742. The summed E-state index contributed by atoms with van der Waals surface area (Å²) in [6.07, 6.45) is 5.05. The highest BCUT2D eigenvalue weighted by Crippen LogP contribution is 2.06. The number of aliphatic hydroxyl groups excluding tert-OH is 1. The number of aliphatic hydroxyl groups is 1. The molecule has 0 aliphatic carbocycles. The Morgan fingerprint density at radius 2 is 2.08 bits per heavy atom. The Labute approximate surface area is 80.0 Å². The van der Waals surface area contributed by atoms with Crippen molar-refractivity contribution < 1.29 is 9.90 Å². The monoisotopic (exact) mass is 184 g/mol. The lowest BCUT2D eigenvalue weighted by molar-refractivity contribution is -0.123. The highest BCUT2D eigenvalue weighted by Gasteiger charge is 1.99. The van der Waals surface area contributed by atoms with E-state index in [0.717, 1.165) is 18.8 Å². The maximum Gasteiger partial charge on any atom is 0.245 e. The fraction of sp³-hybridized carbons (Fsp3) is 0.600. The summed E-state index contributed by atoms with van der Waals surface area (Å²) in [7, 11) is 3.44. The highest BCUT2D eigenvalue weighted by molar-refractivity contribution is 5.87. The molecule has 1 N–H and O–H groups in total. The standard InChI is InChI=1S/C10H18NO2/c1-9(8-12)6-4-5-7-10(13)11(2)3/h5,7,12H,4,6,8H2,1-3H3/b7-5+. The average molecular weight is 184 g/mol. The van der Waals surface area contributed by atoms with Crippen LogP contribution in [0.4, 0.5) is 0 Å². The van der Waals surface area contributed by atoms with Crippen molar-refractivity contribution in [1.82, 2.24) is 4.90 Å². The van der Waals surface area contributed by atoms with Gasteiger partial charge in [0.05, 0.1) is 0 Å². The Balaban J connectivity index is 3.58. The molecule has 0 aliphatic rings. The zero-order valence-corrected chi connectivity index (χ0v) is 8.58. The molecule has 1 radical (unpaired) electrons. The first-order valence-electron chi connectivity index (χ1n) is 4.38. The van der Waals surface area contributed by atoms with E-state index < -0.39 is 0 Å². The van der Waals surface area contributed by atoms with Gasteiger partial charge in [0.15, 0.2) is 0 Å². The fourth-order valence-electron chi connectivity index (χ4n) is 0.742. The van der Waals surface area contributed by atoms with E-state index in [1.807, 2.05) is 13.0 Å². The predicted molar refractivity (Wildman–Crippen MR) is 53.1 cm³/mol. The third-order valence-electron chi connectivity index (χ3n) is 1.71. The molecule has 0 aromatic rings. The highest BCUT2D eigenvalue weighted by atomic mass is 16.3. The van der Waals surface area contributed by atoms with Crippen LogP contribution in [-0.4, -0.2) is 36.6 Å². The Morgan fingerprint density at radius 1 is 1.46 bits per heavy atom. The van der Waals surface area contributed by atoms with Crippen LogP contribution in [0.3, 0.4) is 0 Å². The minimum absolute atomic E-state index is 0.00153. The molecule has 3 heteroatoms. The predicted octanol–water partition coefficient (Wildman–Crippen LogP) is 0.998. The van der Waals surface area contributed by atoms with Crippen molar-refractivity contribution in [3.63, 3.8) is 0 Å². The molecule has 13 heavy (non-hydrogen) atoms. The summed E-state index contributed by atoms with van der Waals surface area (Å²) in [5, 5.41) is 8.70. The number of allylic oxidation sites excluding steroid dienone is 1. The quantitative estimate of drug-likeness (QED) is 0.647. The van der Waals surface area contributed by atoms with Crippen LogP contribution in [0, 0.1) is 5.92 Å². The molecule has 0 rings (SSSR count). The maximum absolute atomic E-state index is 11.0. The number of rotatable bonds is 5. The van der Waals surface area contributed by atoms with E-state index in [1.54, 1.807) is 20.2 Å². The second-order valence-corrected chi connectivity index (χ2v) is 3.29. The molecule has 0 saturated heterocycles. The number of carbonyl (C=O) groups is 1. The van der Waals surface area contributed by atoms with Crippen LogP contribution in [-0.2, 0) is 4.79 Å². The van der Waals surface area contributed by atoms with E-state index in [9.17, 15) is 4.79 Å². The van der Waals surface area contributed by atoms with E-state index in [0.29, 0.717) is 0 Å². The van der Waals surface area contributed by atoms with Crippen molar-refractivity contribution >= 4 is 5.91 Å². The third kappa shape index (κ3) is 6.34. The van der Waals surface area contributed by atoms with Crippen LogP contribution < -0.4 is 0 Å². The number of hydrogen-bond acceptors (Lipinski definition) is 2. The van der Waals surface area contributed by atoms with Gasteiger partial charge in [0.1, 0.15) is 0 Å². The molecule has 0 saturated carbocycles. The normalized spacial score (nSPS) is 11.2. The van der Waals surface area contributed by atoms with Crippen molar-refractivity contribution in [3.05, 3.63) is 18.1 Å². The topological polar surface area (TPSA) is 40.5 Å².